The van der Waals surface area contributed by atoms with Crippen LogP contribution in [0.25, 0.3) is 110 Å². The third-order valence-corrected chi connectivity index (χ3v) is 11.5. The van der Waals surface area contributed by atoms with E-state index in [4.69, 9.17) is 9.97 Å². The summed E-state index contributed by atoms with van der Waals surface area (Å²) in [6, 6.07) is 69.7. The highest BCUT2D eigenvalue weighted by Crippen LogP contribution is 2.41. The van der Waals surface area contributed by atoms with Gasteiger partial charge in [-0.05, 0) is 87.3 Å². The van der Waals surface area contributed by atoms with E-state index in [0.717, 1.165) is 49.9 Å². The van der Waals surface area contributed by atoms with Crippen molar-refractivity contribution in [3.05, 3.63) is 194 Å². The van der Waals surface area contributed by atoms with Crippen molar-refractivity contribution < 1.29 is 0 Å². The molecule has 0 saturated heterocycles. The maximum Gasteiger partial charge on any atom is 0.235 e. The second-order valence-electron chi connectivity index (χ2n) is 14.6. The lowest BCUT2D eigenvalue weighted by atomic mass is 9.99. The fourth-order valence-electron chi connectivity index (χ4n) is 8.89. The second kappa shape index (κ2) is 12.0. The van der Waals surface area contributed by atoms with Crippen LogP contribution in [0.2, 0.25) is 0 Å². The van der Waals surface area contributed by atoms with Crippen molar-refractivity contribution in [1.29, 1.82) is 0 Å². The number of rotatable bonds is 4. The molecule has 0 aliphatic carbocycles. The summed E-state index contributed by atoms with van der Waals surface area (Å²) in [7, 11) is 0. The first-order valence-electron chi connectivity index (χ1n) is 19.1. The van der Waals surface area contributed by atoms with E-state index in [2.05, 4.69) is 203 Å². The number of hydrogen-bond donors (Lipinski definition) is 0. The van der Waals surface area contributed by atoms with Gasteiger partial charge >= 0.3 is 0 Å². The highest BCUT2D eigenvalue weighted by molar-refractivity contribution is 6.16. The minimum atomic E-state index is 0.645. The molecule has 56 heavy (non-hydrogen) atoms. The number of benzene rings is 9. The van der Waals surface area contributed by atoms with Gasteiger partial charge in [0.05, 0.1) is 33.3 Å². The largest absolute Gasteiger partial charge is 0.309 e. The molecule has 0 saturated carbocycles. The quantitative estimate of drug-likeness (QED) is 0.182. The Labute approximate surface area is 322 Å². The molecule has 0 aliphatic rings. The van der Waals surface area contributed by atoms with Crippen molar-refractivity contribution in [2.75, 3.05) is 0 Å². The highest BCUT2D eigenvalue weighted by atomic mass is 15.2. The Balaban J connectivity index is 1.16. The molecule has 0 fully saturated rings. The van der Waals surface area contributed by atoms with Crippen molar-refractivity contribution in [2.24, 2.45) is 0 Å². The minimum Gasteiger partial charge on any atom is -0.309 e. The van der Waals surface area contributed by atoms with Gasteiger partial charge in [0.15, 0.2) is 0 Å². The topological polar surface area (TPSA) is 35.6 Å². The molecular weight excluding hydrogens is 681 g/mol. The van der Waals surface area contributed by atoms with Crippen molar-refractivity contribution in [3.63, 3.8) is 0 Å². The lowest BCUT2D eigenvalue weighted by Gasteiger charge is -2.15. The van der Waals surface area contributed by atoms with Gasteiger partial charge in [-0.1, -0.05) is 140 Å². The third kappa shape index (κ3) is 4.60. The van der Waals surface area contributed by atoms with Crippen LogP contribution in [0.5, 0.6) is 0 Å². The molecule has 4 nitrogen and oxygen atoms in total. The van der Waals surface area contributed by atoms with E-state index in [1.165, 1.54) is 54.2 Å². The normalized spacial score (nSPS) is 11.9. The zero-order chi connectivity index (χ0) is 36.7. The van der Waals surface area contributed by atoms with E-state index in [1.807, 2.05) is 0 Å². The zero-order valence-corrected chi connectivity index (χ0v) is 30.3. The molecule has 0 atom stereocenters. The van der Waals surface area contributed by atoms with E-state index in [1.54, 1.807) is 0 Å². The average molecular weight is 713 g/mol. The number of nitrogens with zero attached hydrogens (tertiary/aromatic N) is 4. The zero-order valence-electron chi connectivity index (χ0n) is 30.3. The molecule has 0 amide bonds. The Kier molecular flexibility index (Phi) is 6.60. The smallest absolute Gasteiger partial charge is 0.235 e. The molecule has 0 spiro atoms. The Bertz CT molecular complexity index is 3540. The Morgan fingerprint density at radius 3 is 1.82 bits per heavy atom. The fourth-order valence-corrected chi connectivity index (χ4v) is 8.89. The van der Waals surface area contributed by atoms with Crippen LogP contribution in [0.1, 0.15) is 0 Å². The molecule has 0 N–H and O–H groups in total. The molecule has 0 bridgehead atoms. The molecule has 9 aromatic carbocycles. The summed E-state index contributed by atoms with van der Waals surface area (Å²) in [5, 5.41) is 10.6. The van der Waals surface area contributed by atoms with E-state index >= 15 is 0 Å². The van der Waals surface area contributed by atoms with Gasteiger partial charge in [-0.15, -0.1) is 0 Å². The Morgan fingerprint density at radius 2 is 0.964 bits per heavy atom. The van der Waals surface area contributed by atoms with Crippen LogP contribution in [0.4, 0.5) is 0 Å². The van der Waals surface area contributed by atoms with Crippen LogP contribution in [0.3, 0.4) is 0 Å². The van der Waals surface area contributed by atoms with Crippen molar-refractivity contribution in [2.45, 2.75) is 0 Å². The van der Waals surface area contributed by atoms with Crippen LogP contribution in [-0.2, 0) is 0 Å². The molecule has 0 aliphatic heterocycles. The molecule has 260 valence electrons. The number of para-hydroxylation sites is 4. The molecule has 0 unspecified atom stereocenters. The van der Waals surface area contributed by atoms with Gasteiger partial charge in [-0.3, -0.25) is 4.57 Å². The summed E-state index contributed by atoms with van der Waals surface area (Å²) < 4.78 is 4.65. The van der Waals surface area contributed by atoms with Crippen molar-refractivity contribution in [3.8, 4) is 34.0 Å². The maximum atomic E-state index is 5.60. The summed E-state index contributed by atoms with van der Waals surface area (Å²) in [5.41, 5.74) is 10.8. The van der Waals surface area contributed by atoms with Gasteiger partial charge in [0.2, 0.25) is 5.95 Å². The number of fused-ring (bicyclic) bond motifs is 9. The second-order valence-corrected chi connectivity index (χ2v) is 14.6. The van der Waals surface area contributed by atoms with Crippen LogP contribution in [-0.4, -0.2) is 19.1 Å². The molecule has 12 rings (SSSR count). The lowest BCUT2D eigenvalue weighted by molar-refractivity contribution is 1.01. The van der Waals surface area contributed by atoms with Crippen LogP contribution in [0, 0.1) is 0 Å². The molecule has 3 aromatic heterocycles. The average Bonchev–Trinajstić information content (AvgIpc) is 3.77. The molecular formula is C52H32N4. The fraction of sp³-hybridized carbons (Fsp3) is 0. The van der Waals surface area contributed by atoms with Gasteiger partial charge in [0.1, 0.15) is 0 Å². The van der Waals surface area contributed by atoms with Crippen molar-refractivity contribution in [1.82, 2.24) is 19.1 Å². The van der Waals surface area contributed by atoms with Crippen molar-refractivity contribution >= 4 is 76.1 Å². The van der Waals surface area contributed by atoms with E-state index < -0.39 is 0 Å². The summed E-state index contributed by atoms with van der Waals surface area (Å²) in [6.07, 6.45) is 0. The van der Waals surface area contributed by atoms with E-state index in [-0.39, 0.29) is 0 Å². The van der Waals surface area contributed by atoms with E-state index in [9.17, 15) is 0 Å². The Morgan fingerprint density at radius 1 is 0.339 bits per heavy atom. The first kappa shape index (κ1) is 30.9. The SMILES string of the molecule is c1ccc(-n2c3ccccc3c3cccc(-c4nc(-n5c6ccc(-c7ccc8ccccc8c7)cc6c6cc7ccccc7cc65)nc5ccccc45)c32)cc1. The van der Waals surface area contributed by atoms with Crippen LogP contribution < -0.4 is 0 Å². The first-order valence-corrected chi connectivity index (χ1v) is 19.1. The van der Waals surface area contributed by atoms with Gasteiger partial charge in [-0.25, -0.2) is 9.97 Å². The monoisotopic (exact) mass is 712 g/mol. The van der Waals surface area contributed by atoms with Gasteiger partial charge in [-0.2, -0.15) is 0 Å². The van der Waals surface area contributed by atoms with Gasteiger partial charge in [0.25, 0.3) is 0 Å². The Hall–Kier alpha value is -7.56. The highest BCUT2D eigenvalue weighted by Gasteiger charge is 2.22. The molecule has 3 heterocycles. The van der Waals surface area contributed by atoms with Gasteiger partial charge < -0.3 is 4.57 Å². The first-order chi connectivity index (χ1) is 27.8. The lowest BCUT2D eigenvalue weighted by Crippen LogP contribution is -2.04. The summed E-state index contributed by atoms with van der Waals surface area (Å²) in [6.45, 7) is 0. The molecule has 0 radical (unpaired) electrons. The summed E-state index contributed by atoms with van der Waals surface area (Å²) >= 11 is 0. The van der Waals surface area contributed by atoms with Crippen LogP contribution >= 0.6 is 0 Å². The van der Waals surface area contributed by atoms with Gasteiger partial charge in [0, 0.05) is 38.2 Å². The van der Waals surface area contributed by atoms with Crippen LogP contribution in [0.15, 0.2) is 194 Å². The third-order valence-electron chi connectivity index (χ3n) is 11.5. The predicted molar refractivity (Wildman–Crippen MR) is 234 cm³/mol. The summed E-state index contributed by atoms with van der Waals surface area (Å²) in [4.78, 5) is 10.9. The standard InChI is InChI=1S/C52H32N4/c1-2-17-39(18-3-1)55-47-24-11-9-19-40(47)41-21-12-22-43(51(41)55)50-42-20-8-10-23-46(42)53-52(54-50)56-48-28-27-38(37-26-25-33-13-4-5-14-34(33)29-37)31-44(48)45-30-35-15-6-7-16-36(35)32-49(45)56/h1-32H. The number of aromatic nitrogens is 4. The summed E-state index contributed by atoms with van der Waals surface area (Å²) in [5.74, 6) is 0.645. The minimum absolute atomic E-state index is 0.645. The van der Waals surface area contributed by atoms with E-state index in [0.29, 0.717) is 5.95 Å². The molecule has 4 heteroatoms. The maximum absolute atomic E-state index is 5.60. The predicted octanol–water partition coefficient (Wildman–Crippen LogP) is 13.5. The molecule has 12 aromatic rings. The number of hydrogen-bond acceptors (Lipinski definition) is 2.